The van der Waals surface area contributed by atoms with Gasteiger partial charge in [-0.3, -0.25) is 4.79 Å². The van der Waals surface area contributed by atoms with Crippen LogP contribution in [0.5, 0.6) is 0 Å². The van der Waals surface area contributed by atoms with Gasteiger partial charge in [0.2, 0.25) is 5.91 Å². The Labute approximate surface area is 171 Å². The molecule has 1 aliphatic rings. The van der Waals surface area contributed by atoms with E-state index in [0.29, 0.717) is 12.8 Å². The summed E-state index contributed by atoms with van der Waals surface area (Å²) >= 11 is 0. The standard InChI is InChI=1S/C23H26N4O2/c1-18-15-21(26-11-13-29-14-12-26)8-9-22(18)25-23(28)10-7-19-16-24-27(17-19)20-5-3-2-4-6-20/h2-6,8-9,15-17H,7,10-14H2,1H3,(H,25,28). The summed E-state index contributed by atoms with van der Waals surface area (Å²) in [4.78, 5) is 14.7. The summed E-state index contributed by atoms with van der Waals surface area (Å²) in [6.45, 7) is 5.36. The third-order valence-corrected chi connectivity index (χ3v) is 5.16. The molecule has 1 N–H and O–H groups in total. The number of nitrogens with one attached hydrogen (secondary N) is 1. The summed E-state index contributed by atoms with van der Waals surface area (Å²) in [7, 11) is 0. The average molecular weight is 390 g/mol. The Morgan fingerprint density at radius 1 is 1.10 bits per heavy atom. The average Bonchev–Trinajstić information content (AvgIpc) is 3.24. The Morgan fingerprint density at radius 3 is 2.66 bits per heavy atom. The summed E-state index contributed by atoms with van der Waals surface area (Å²) in [5, 5.41) is 7.43. The first kappa shape index (κ1) is 19.2. The maximum absolute atomic E-state index is 12.4. The van der Waals surface area contributed by atoms with E-state index in [2.05, 4.69) is 27.4 Å². The van der Waals surface area contributed by atoms with E-state index in [9.17, 15) is 4.79 Å². The van der Waals surface area contributed by atoms with Crippen LogP contribution in [0.1, 0.15) is 17.5 Å². The fourth-order valence-electron chi connectivity index (χ4n) is 3.49. The lowest BCUT2D eigenvalue weighted by Gasteiger charge is -2.29. The van der Waals surface area contributed by atoms with Crippen LogP contribution in [0.3, 0.4) is 0 Å². The van der Waals surface area contributed by atoms with Crippen molar-refractivity contribution in [2.24, 2.45) is 0 Å². The molecule has 0 unspecified atom stereocenters. The van der Waals surface area contributed by atoms with Crippen LogP contribution in [0.2, 0.25) is 0 Å². The molecular formula is C23H26N4O2. The molecule has 1 aromatic heterocycles. The highest BCUT2D eigenvalue weighted by Crippen LogP contribution is 2.23. The van der Waals surface area contributed by atoms with Crippen LogP contribution in [0.15, 0.2) is 60.9 Å². The molecule has 2 heterocycles. The number of carbonyl (C=O) groups is 1. The number of para-hydroxylation sites is 1. The largest absolute Gasteiger partial charge is 0.378 e. The van der Waals surface area contributed by atoms with E-state index in [-0.39, 0.29) is 5.91 Å². The molecule has 1 saturated heterocycles. The SMILES string of the molecule is Cc1cc(N2CCOCC2)ccc1NC(=O)CCc1cnn(-c2ccccc2)c1. The normalized spacial score (nSPS) is 14.0. The second-order valence-corrected chi connectivity index (χ2v) is 7.28. The fraction of sp³-hybridized carbons (Fsp3) is 0.304. The second-order valence-electron chi connectivity index (χ2n) is 7.28. The molecule has 0 spiro atoms. The van der Waals surface area contributed by atoms with Gasteiger partial charge in [-0.25, -0.2) is 4.68 Å². The van der Waals surface area contributed by atoms with Crippen LogP contribution in [0.25, 0.3) is 5.69 Å². The van der Waals surface area contributed by atoms with Crippen molar-refractivity contribution >= 4 is 17.3 Å². The maximum atomic E-state index is 12.4. The number of amides is 1. The van der Waals surface area contributed by atoms with E-state index in [1.165, 1.54) is 5.69 Å². The predicted octanol–water partition coefficient (Wildman–Crippen LogP) is 3.59. The monoisotopic (exact) mass is 390 g/mol. The van der Waals surface area contributed by atoms with Crippen molar-refractivity contribution in [3.8, 4) is 5.69 Å². The van der Waals surface area contributed by atoms with Crippen molar-refractivity contribution in [3.63, 3.8) is 0 Å². The zero-order chi connectivity index (χ0) is 20.1. The lowest BCUT2D eigenvalue weighted by Crippen LogP contribution is -2.36. The van der Waals surface area contributed by atoms with Crippen LogP contribution in [-0.2, 0) is 16.0 Å². The molecule has 1 aliphatic heterocycles. The predicted molar refractivity (Wildman–Crippen MR) is 115 cm³/mol. The number of nitrogens with zero attached hydrogens (tertiary/aromatic N) is 3. The van der Waals surface area contributed by atoms with Crippen LogP contribution in [-0.4, -0.2) is 42.0 Å². The zero-order valence-electron chi connectivity index (χ0n) is 16.7. The number of hydrogen-bond donors (Lipinski definition) is 1. The van der Waals surface area contributed by atoms with Gasteiger partial charge in [-0.1, -0.05) is 18.2 Å². The number of benzene rings is 2. The molecule has 0 radical (unpaired) electrons. The van der Waals surface area contributed by atoms with Crippen molar-refractivity contribution in [2.45, 2.75) is 19.8 Å². The van der Waals surface area contributed by atoms with Gasteiger partial charge in [0.05, 0.1) is 25.1 Å². The van der Waals surface area contributed by atoms with Gasteiger partial charge >= 0.3 is 0 Å². The van der Waals surface area contributed by atoms with Gasteiger partial charge in [0, 0.05) is 37.1 Å². The summed E-state index contributed by atoms with van der Waals surface area (Å²) < 4.78 is 7.25. The third kappa shape index (κ3) is 4.84. The first-order chi connectivity index (χ1) is 14.2. The maximum Gasteiger partial charge on any atom is 0.224 e. The van der Waals surface area contributed by atoms with Crippen molar-refractivity contribution < 1.29 is 9.53 Å². The fourth-order valence-corrected chi connectivity index (χ4v) is 3.49. The first-order valence-corrected chi connectivity index (χ1v) is 10.0. The molecule has 6 heteroatoms. The van der Waals surface area contributed by atoms with Gasteiger partial charge in [0.25, 0.3) is 0 Å². The van der Waals surface area contributed by atoms with Gasteiger partial charge in [-0.2, -0.15) is 5.10 Å². The summed E-state index contributed by atoms with van der Waals surface area (Å²) in [5.41, 5.74) is 5.17. The Balaban J connectivity index is 1.32. The Morgan fingerprint density at radius 2 is 1.90 bits per heavy atom. The van der Waals surface area contributed by atoms with Gasteiger partial charge in [-0.15, -0.1) is 0 Å². The van der Waals surface area contributed by atoms with Crippen molar-refractivity contribution in [1.82, 2.24) is 9.78 Å². The summed E-state index contributed by atoms with van der Waals surface area (Å²) in [5.74, 6) is 0.0136. The number of rotatable bonds is 6. The summed E-state index contributed by atoms with van der Waals surface area (Å²) in [6, 6.07) is 16.1. The number of hydrogen-bond acceptors (Lipinski definition) is 4. The second kappa shape index (κ2) is 8.92. The van der Waals surface area contributed by atoms with E-state index in [1.54, 1.807) is 0 Å². The highest BCUT2D eigenvalue weighted by atomic mass is 16.5. The van der Waals surface area contributed by atoms with Crippen LogP contribution < -0.4 is 10.2 Å². The zero-order valence-corrected chi connectivity index (χ0v) is 16.7. The van der Waals surface area contributed by atoms with Crippen LogP contribution in [0, 0.1) is 6.92 Å². The molecule has 0 aliphatic carbocycles. The smallest absolute Gasteiger partial charge is 0.224 e. The summed E-state index contributed by atoms with van der Waals surface area (Å²) in [6.07, 6.45) is 4.88. The molecule has 6 nitrogen and oxygen atoms in total. The van der Waals surface area contributed by atoms with E-state index in [1.807, 2.05) is 60.4 Å². The number of ether oxygens (including phenoxy) is 1. The van der Waals surface area contributed by atoms with Crippen molar-refractivity contribution in [3.05, 3.63) is 72.1 Å². The first-order valence-electron chi connectivity index (χ1n) is 10.0. The van der Waals surface area contributed by atoms with E-state index < -0.39 is 0 Å². The van der Waals surface area contributed by atoms with Crippen LogP contribution >= 0.6 is 0 Å². The Hall–Kier alpha value is -3.12. The van der Waals surface area contributed by atoms with E-state index >= 15 is 0 Å². The Bertz CT molecular complexity index is 962. The van der Waals surface area contributed by atoms with Gasteiger partial charge in [0.15, 0.2) is 0 Å². The minimum Gasteiger partial charge on any atom is -0.378 e. The topological polar surface area (TPSA) is 59.4 Å². The number of morpholine rings is 1. The molecule has 2 aromatic carbocycles. The highest BCUT2D eigenvalue weighted by Gasteiger charge is 2.13. The number of carbonyl (C=O) groups excluding carboxylic acids is 1. The minimum atomic E-state index is 0.0136. The minimum absolute atomic E-state index is 0.0136. The molecular weight excluding hydrogens is 364 g/mol. The molecule has 0 atom stereocenters. The molecule has 1 fully saturated rings. The molecule has 1 amide bonds. The molecule has 29 heavy (non-hydrogen) atoms. The van der Waals surface area contributed by atoms with Gasteiger partial charge < -0.3 is 15.0 Å². The van der Waals surface area contributed by atoms with Gasteiger partial charge in [-0.05, 0) is 54.8 Å². The van der Waals surface area contributed by atoms with E-state index in [0.717, 1.165) is 48.8 Å². The lowest BCUT2D eigenvalue weighted by molar-refractivity contribution is -0.116. The van der Waals surface area contributed by atoms with E-state index in [4.69, 9.17) is 4.74 Å². The lowest BCUT2D eigenvalue weighted by atomic mass is 10.1. The number of aryl methyl sites for hydroxylation is 2. The molecule has 3 aromatic rings. The molecule has 150 valence electrons. The molecule has 0 saturated carbocycles. The highest BCUT2D eigenvalue weighted by molar-refractivity contribution is 5.91. The van der Waals surface area contributed by atoms with Crippen molar-refractivity contribution in [1.29, 1.82) is 0 Å². The van der Waals surface area contributed by atoms with Crippen LogP contribution in [0.4, 0.5) is 11.4 Å². The Kier molecular flexibility index (Phi) is 5.91. The molecule has 0 bridgehead atoms. The number of anilines is 2. The van der Waals surface area contributed by atoms with Gasteiger partial charge in [0.1, 0.15) is 0 Å². The quantitative estimate of drug-likeness (QED) is 0.699. The number of aromatic nitrogens is 2. The molecule has 4 rings (SSSR count). The van der Waals surface area contributed by atoms with Crippen molar-refractivity contribution in [2.75, 3.05) is 36.5 Å². The third-order valence-electron chi connectivity index (χ3n) is 5.16.